The molecule has 0 bridgehead atoms. The summed E-state index contributed by atoms with van der Waals surface area (Å²) in [5.41, 5.74) is 6.23. The lowest BCUT2D eigenvalue weighted by Crippen LogP contribution is -2.51. The van der Waals surface area contributed by atoms with Crippen molar-refractivity contribution in [1.29, 1.82) is 0 Å². The van der Waals surface area contributed by atoms with Gasteiger partial charge in [0.25, 0.3) is 0 Å². The molecule has 2 aromatic rings. The monoisotopic (exact) mass is 392 g/mol. The summed E-state index contributed by atoms with van der Waals surface area (Å²) in [6.45, 7) is 2.64. The summed E-state index contributed by atoms with van der Waals surface area (Å²) in [5, 5.41) is 0. The molecular weight excluding hydrogens is 371 g/mol. The Hall–Kier alpha value is -2.75. The number of aliphatic imine (C=N–C) groups is 1. The molecule has 0 aliphatic carbocycles. The highest BCUT2D eigenvalue weighted by atomic mass is 32.2. The lowest BCUT2D eigenvalue weighted by atomic mass is 10.2. The van der Waals surface area contributed by atoms with E-state index in [2.05, 4.69) is 19.9 Å². The van der Waals surface area contributed by atoms with Crippen molar-refractivity contribution < 1.29 is 12.8 Å². The van der Waals surface area contributed by atoms with Crippen LogP contribution in [0.1, 0.15) is 5.56 Å². The van der Waals surface area contributed by atoms with E-state index in [9.17, 15) is 12.8 Å². The first-order chi connectivity index (χ1) is 12.8. The number of rotatable bonds is 4. The lowest BCUT2D eigenvalue weighted by Gasteiger charge is -2.35. The minimum atomic E-state index is -3.41. The summed E-state index contributed by atoms with van der Waals surface area (Å²) >= 11 is 0. The molecule has 8 nitrogen and oxygen atoms in total. The third-order valence-electron chi connectivity index (χ3n) is 4.30. The molecule has 0 radical (unpaired) electrons. The van der Waals surface area contributed by atoms with Crippen LogP contribution in [-0.4, -0.2) is 61.7 Å². The number of sulfone groups is 1. The van der Waals surface area contributed by atoms with Crippen LogP contribution in [0.5, 0.6) is 0 Å². The molecule has 2 N–H and O–H groups in total. The van der Waals surface area contributed by atoms with Gasteiger partial charge in [-0.2, -0.15) is 0 Å². The molecule has 1 aliphatic rings. The molecule has 2 heterocycles. The minimum absolute atomic E-state index is 0.0248. The van der Waals surface area contributed by atoms with Crippen LogP contribution in [-0.2, 0) is 16.4 Å². The predicted octanol–water partition coefficient (Wildman–Crippen LogP) is 0.656. The van der Waals surface area contributed by atoms with E-state index in [1.54, 1.807) is 18.5 Å². The van der Waals surface area contributed by atoms with Gasteiger partial charge in [0.1, 0.15) is 5.82 Å². The predicted molar refractivity (Wildman–Crippen MR) is 101 cm³/mol. The van der Waals surface area contributed by atoms with Crippen molar-refractivity contribution in [3.63, 3.8) is 0 Å². The maximum Gasteiger partial charge on any atom is 0.225 e. The third kappa shape index (κ3) is 4.70. The molecule has 10 heteroatoms. The Labute approximate surface area is 157 Å². The first-order valence-corrected chi connectivity index (χ1v) is 10.3. The third-order valence-corrected chi connectivity index (χ3v) is 5.41. The number of benzene rings is 1. The van der Waals surface area contributed by atoms with Gasteiger partial charge in [0.2, 0.25) is 5.95 Å². The zero-order valence-corrected chi connectivity index (χ0v) is 15.7. The number of hydrogen-bond acceptors (Lipinski definition) is 6. The minimum Gasteiger partial charge on any atom is -0.370 e. The van der Waals surface area contributed by atoms with Crippen LogP contribution in [0.3, 0.4) is 0 Å². The van der Waals surface area contributed by atoms with Gasteiger partial charge in [-0.1, -0.05) is 0 Å². The Morgan fingerprint density at radius 2 is 1.89 bits per heavy atom. The molecule has 1 aromatic heterocycles. The molecule has 0 spiro atoms. The zero-order valence-electron chi connectivity index (χ0n) is 14.9. The van der Waals surface area contributed by atoms with Gasteiger partial charge in [-0.3, -0.25) is 0 Å². The summed E-state index contributed by atoms with van der Waals surface area (Å²) < 4.78 is 37.2. The van der Waals surface area contributed by atoms with Crippen molar-refractivity contribution in [2.45, 2.75) is 11.4 Å². The summed E-state index contributed by atoms with van der Waals surface area (Å²) in [6.07, 6.45) is 4.48. The van der Waals surface area contributed by atoms with Crippen molar-refractivity contribution in [3.8, 4) is 0 Å². The second kappa shape index (κ2) is 7.87. The van der Waals surface area contributed by atoms with Crippen LogP contribution in [0.2, 0.25) is 0 Å². The first kappa shape index (κ1) is 19.0. The van der Waals surface area contributed by atoms with Crippen molar-refractivity contribution in [2.24, 2.45) is 10.7 Å². The van der Waals surface area contributed by atoms with Gasteiger partial charge in [-0.05, 0) is 24.3 Å². The number of piperazine rings is 1. The molecule has 1 aliphatic heterocycles. The average Bonchev–Trinajstić information content (AvgIpc) is 2.67. The number of guanidine groups is 1. The molecule has 1 saturated heterocycles. The van der Waals surface area contributed by atoms with Crippen LogP contribution in [0.4, 0.5) is 10.3 Å². The van der Waals surface area contributed by atoms with Gasteiger partial charge in [0, 0.05) is 50.4 Å². The standard InChI is InChI=1S/C17H21FN6O2S/c1-27(25,26)14-3-4-15(18)13(11-14)12-22-16(19)23-7-9-24(10-8-23)17-20-5-2-6-21-17/h2-6,11H,7-10,12H2,1H3,(H2,19,22). The Bertz CT molecular complexity index is 928. The SMILES string of the molecule is CS(=O)(=O)c1ccc(F)c(CN=C(N)N2CCN(c3ncccn3)CC2)c1. The molecule has 1 fully saturated rings. The van der Waals surface area contributed by atoms with E-state index in [1.807, 2.05) is 4.90 Å². The highest BCUT2D eigenvalue weighted by Crippen LogP contribution is 2.16. The van der Waals surface area contributed by atoms with Crippen molar-refractivity contribution in [2.75, 3.05) is 37.3 Å². The van der Waals surface area contributed by atoms with E-state index in [4.69, 9.17) is 5.73 Å². The zero-order chi connectivity index (χ0) is 19.4. The van der Waals surface area contributed by atoms with Crippen molar-refractivity contribution >= 4 is 21.7 Å². The normalized spacial score (nSPS) is 15.9. The fourth-order valence-corrected chi connectivity index (χ4v) is 3.43. The van der Waals surface area contributed by atoms with Gasteiger partial charge in [-0.25, -0.2) is 27.8 Å². The van der Waals surface area contributed by atoms with Gasteiger partial charge >= 0.3 is 0 Å². The van der Waals surface area contributed by atoms with Gasteiger partial charge in [-0.15, -0.1) is 0 Å². The topological polar surface area (TPSA) is 105 Å². The van der Waals surface area contributed by atoms with Crippen LogP contribution >= 0.6 is 0 Å². The molecule has 0 amide bonds. The number of nitrogens with zero attached hydrogens (tertiary/aromatic N) is 5. The largest absolute Gasteiger partial charge is 0.370 e. The summed E-state index contributed by atoms with van der Waals surface area (Å²) in [6, 6.07) is 5.44. The average molecular weight is 392 g/mol. The molecule has 3 rings (SSSR count). The maximum atomic E-state index is 14.0. The number of hydrogen-bond donors (Lipinski definition) is 1. The van der Waals surface area contributed by atoms with Crippen LogP contribution in [0, 0.1) is 5.82 Å². The molecule has 0 unspecified atom stereocenters. The van der Waals surface area contributed by atoms with Gasteiger partial charge in [0.15, 0.2) is 15.8 Å². The van der Waals surface area contributed by atoms with E-state index >= 15 is 0 Å². The fourth-order valence-electron chi connectivity index (χ4n) is 2.76. The Morgan fingerprint density at radius 3 is 2.52 bits per heavy atom. The van der Waals surface area contributed by atoms with Crippen LogP contribution in [0.25, 0.3) is 0 Å². The van der Waals surface area contributed by atoms with E-state index < -0.39 is 15.7 Å². The lowest BCUT2D eigenvalue weighted by molar-refractivity contribution is 0.378. The van der Waals surface area contributed by atoms with E-state index in [1.165, 1.54) is 12.1 Å². The smallest absolute Gasteiger partial charge is 0.225 e. The highest BCUT2D eigenvalue weighted by molar-refractivity contribution is 7.90. The Morgan fingerprint density at radius 1 is 1.22 bits per heavy atom. The molecular formula is C17H21FN6O2S. The number of aromatic nitrogens is 2. The van der Waals surface area contributed by atoms with Gasteiger partial charge < -0.3 is 15.5 Å². The fraction of sp³-hybridized carbons (Fsp3) is 0.353. The summed E-state index contributed by atoms with van der Waals surface area (Å²) in [5.74, 6) is 0.463. The highest BCUT2D eigenvalue weighted by Gasteiger charge is 2.20. The quantitative estimate of drug-likeness (QED) is 0.463. The Balaban J connectivity index is 1.64. The van der Waals surface area contributed by atoms with E-state index in [0.717, 1.165) is 12.3 Å². The molecule has 0 atom stereocenters. The summed E-state index contributed by atoms with van der Waals surface area (Å²) in [7, 11) is -3.41. The molecule has 0 saturated carbocycles. The molecule has 1 aromatic carbocycles. The van der Waals surface area contributed by atoms with Gasteiger partial charge in [0.05, 0.1) is 11.4 Å². The molecule has 144 valence electrons. The first-order valence-electron chi connectivity index (χ1n) is 8.40. The maximum absolute atomic E-state index is 14.0. The second-order valence-corrected chi connectivity index (χ2v) is 8.24. The number of halogens is 1. The molecule has 27 heavy (non-hydrogen) atoms. The van der Waals surface area contributed by atoms with Crippen LogP contribution in [0.15, 0.2) is 46.5 Å². The van der Waals surface area contributed by atoms with E-state index in [-0.39, 0.29) is 17.0 Å². The summed E-state index contributed by atoms with van der Waals surface area (Å²) in [4.78, 5) is 16.7. The van der Waals surface area contributed by atoms with Crippen molar-refractivity contribution in [3.05, 3.63) is 48.0 Å². The Kier molecular flexibility index (Phi) is 5.54. The number of anilines is 1. The van der Waals surface area contributed by atoms with Crippen molar-refractivity contribution in [1.82, 2.24) is 14.9 Å². The number of nitrogens with two attached hydrogens (primary N) is 1. The van der Waals surface area contributed by atoms with E-state index in [0.29, 0.717) is 38.1 Å². The van der Waals surface area contributed by atoms with Crippen LogP contribution < -0.4 is 10.6 Å². The second-order valence-electron chi connectivity index (χ2n) is 6.22.